The Balaban J connectivity index is 1.65. The molecular formula is C26H30F2N2O5S. The van der Waals surface area contributed by atoms with Crippen LogP contribution >= 0.6 is 10.0 Å². The molecule has 1 heterocycles. The van der Waals surface area contributed by atoms with Crippen molar-refractivity contribution in [2.75, 3.05) is 37.7 Å². The number of anilines is 1. The van der Waals surface area contributed by atoms with Gasteiger partial charge in [0.2, 0.25) is 5.91 Å². The fraction of sp³-hybridized carbons (Fsp3) is 0.423. The van der Waals surface area contributed by atoms with Gasteiger partial charge >= 0.3 is 5.97 Å². The molecule has 1 aliphatic carbocycles. The standard InChI is InChI=1S/C26H30F2N2O5S/c1-35-18-5-6-19-14(11-18)7-8-30(25(32)15-9-16(10-15)26(33)34)22(19)24(31)29-17-12-20(27)23(21(28)13-17)36(2,3)4/h5-6,11-13,15-16,22H,7-10H2,1-4H3,(H,29,31)(H,33,34)/t15-,16-,22-/m1/s1. The maximum atomic E-state index is 14.8. The van der Waals surface area contributed by atoms with Crippen LogP contribution in [0.25, 0.3) is 0 Å². The maximum Gasteiger partial charge on any atom is 0.306 e. The Morgan fingerprint density at radius 3 is 2.25 bits per heavy atom. The second kappa shape index (κ2) is 9.72. The molecule has 0 aromatic heterocycles. The van der Waals surface area contributed by atoms with E-state index < -0.39 is 51.4 Å². The molecule has 0 bridgehead atoms. The first-order valence-electron chi connectivity index (χ1n) is 11.6. The fourth-order valence-corrected chi connectivity index (χ4v) is 6.22. The molecule has 1 saturated carbocycles. The summed E-state index contributed by atoms with van der Waals surface area (Å²) in [4.78, 5) is 39.5. The normalized spacial score (nSPS) is 21.7. The van der Waals surface area contributed by atoms with E-state index in [2.05, 4.69) is 5.32 Å². The Bertz CT molecular complexity index is 1200. The molecule has 0 saturated heterocycles. The minimum atomic E-state index is -1.68. The van der Waals surface area contributed by atoms with E-state index in [1.165, 1.54) is 12.0 Å². The minimum absolute atomic E-state index is 0.00498. The van der Waals surface area contributed by atoms with Gasteiger partial charge in [0, 0.05) is 18.2 Å². The van der Waals surface area contributed by atoms with Gasteiger partial charge in [-0.2, -0.15) is 0 Å². The third-order valence-electron chi connectivity index (χ3n) is 6.82. The number of carbonyl (C=O) groups is 3. The van der Waals surface area contributed by atoms with Crippen molar-refractivity contribution in [3.63, 3.8) is 0 Å². The van der Waals surface area contributed by atoms with Crippen molar-refractivity contribution in [1.29, 1.82) is 0 Å². The molecule has 2 amide bonds. The van der Waals surface area contributed by atoms with Crippen LogP contribution in [0, 0.1) is 23.5 Å². The summed E-state index contributed by atoms with van der Waals surface area (Å²) in [6.07, 6.45) is 6.27. The molecule has 7 nitrogen and oxygen atoms in total. The number of hydrogen-bond donors (Lipinski definition) is 2. The van der Waals surface area contributed by atoms with E-state index in [1.54, 1.807) is 30.9 Å². The van der Waals surface area contributed by atoms with Gasteiger partial charge in [-0.15, -0.1) is 0 Å². The lowest BCUT2D eigenvalue weighted by Crippen LogP contribution is -2.50. The number of aliphatic carboxylic acids is 1. The largest absolute Gasteiger partial charge is 0.497 e. The number of amides is 2. The number of nitrogens with zero attached hydrogens (tertiary/aromatic N) is 1. The molecule has 1 atom stereocenters. The number of rotatable bonds is 6. The van der Waals surface area contributed by atoms with Crippen molar-refractivity contribution in [2.45, 2.75) is 30.2 Å². The van der Waals surface area contributed by atoms with E-state index >= 15 is 0 Å². The van der Waals surface area contributed by atoms with Gasteiger partial charge < -0.3 is 20.1 Å². The van der Waals surface area contributed by atoms with Gasteiger partial charge in [0.05, 0.1) is 17.9 Å². The Morgan fingerprint density at radius 2 is 1.69 bits per heavy atom. The van der Waals surface area contributed by atoms with Crippen LogP contribution < -0.4 is 10.1 Å². The SMILES string of the molecule is COc1ccc2c(c1)CCN(C(=O)[C@H]1C[C@H](C(=O)O)C1)[C@H]2C(=O)Nc1cc(F)c(S(C)(C)C)c(F)c1. The number of fused-ring (bicyclic) bond motifs is 1. The predicted molar refractivity (Wildman–Crippen MR) is 134 cm³/mol. The summed E-state index contributed by atoms with van der Waals surface area (Å²) >= 11 is 0. The average molecular weight is 521 g/mol. The van der Waals surface area contributed by atoms with Gasteiger partial charge in [0.1, 0.15) is 23.4 Å². The fourth-order valence-electron chi connectivity index (χ4n) is 4.93. The molecule has 2 N–H and O–H groups in total. The zero-order valence-electron chi connectivity index (χ0n) is 20.6. The molecule has 10 heteroatoms. The van der Waals surface area contributed by atoms with Crippen LogP contribution in [0.5, 0.6) is 5.75 Å². The van der Waals surface area contributed by atoms with E-state index in [0.29, 0.717) is 17.7 Å². The molecule has 2 aromatic rings. The van der Waals surface area contributed by atoms with Crippen molar-refractivity contribution in [1.82, 2.24) is 4.90 Å². The third kappa shape index (κ3) is 4.91. The Hall–Kier alpha value is -3.14. The molecule has 1 fully saturated rings. The first-order valence-corrected chi connectivity index (χ1v) is 14.4. The van der Waals surface area contributed by atoms with E-state index in [1.807, 2.05) is 6.07 Å². The second-order valence-corrected chi connectivity index (χ2v) is 14.1. The summed E-state index contributed by atoms with van der Waals surface area (Å²) < 4.78 is 34.9. The monoisotopic (exact) mass is 520 g/mol. The minimum Gasteiger partial charge on any atom is -0.497 e. The van der Waals surface area contributed by atoms with E-state index in [-0.39, 0.29) is 35.9 Å². The highest BCUT2D eigenvalue weighted by Crippen LogP contribution is 2.48. The van der Waals surface area contributed by atoms with Crippen molar-refractivity contribution < 1.29 is 33.0 Å². The number of ether oxygens (including phenoxy) is 1. The molecule has 0 spiro atoms. The van der Waals surface area contributed by atoms with Crippen molar-refractivity contribution >= 4 is 33.5 Å². The highest BCUT2D eigenvalue weighted by atomic mass is 32.3. The lowest BCUT2D eigenvalue weighted by atomic mass is 9.73. The summed E-state index contributed by atoms with van der Waals surface area (Å²) in [6.45, 7) is 0.250. The summed E-state index contributed by atoms with van der Waals surface area (Å²) in [5, 5.41) is 11.8. The summed E-state index contributed by atoms with van der Waals surface area (Å²) in [5.41, 5.74) is 1.39. The number of carboxylic acid groups (broad SMARTS) is 1. The maximum absolute atomic E-state index is 14.8. The van der Waals surface area contributed by atoms with Crippen molar-refractivity contribution in [3.8, 4) is 5.75 Å². The van der Waals surface area contributed by atoms with Gasteiger partial charge in [0.15, 0.2) is 0 Å². The van der Waals surface area contributed by atoms with Gasteiger partial charge in [-0.3, -0.25) is 14.4 Å². The van der Waals surface area contributed by atoms with Crippen LogP contribution in [0.2, 0.25) is 0 Å². The molecule has 36 heavy (non-hydrogen) atoms. The van der Waals surface area contributed by atoms with Gasteiger partial charge in [0.25, 0.3) is 5.91 Å². The van der Waals surface area contributed by atoms with Crippen LogP contribution in [-0.4, -0.2) is 60.2 Å². The van der Waals surface area contributed by atoms with Crippen molar-refractivity contribution in [2.24, 2.45) is 11.8 Å². The second-order valence-electron chi connectivity index (χ2n) is 10.0. The molecule has 0 unspecified atom stereocenters. The number of hydrogen-bond acceptors (Lipinski definition) is 4. The average Bonchev–Trinajstić information content (AvgIpc) is 2.74. The Labute approximate surface area is 210 Å². The molecule has 1 aliphatic heterocycles. The van der Waals surface area contributed by atoms with Gasteiger partial charge in [-0.05, 0) is 73.4 Å². The van der Waals surface area contributed by atoms with E-state index in [0.717, 1.165) is 17.7 Å². The zero-order valence-corrected chi connectivity index (χ0v) is 21.5. The molecule has 2 aromatic carbocycles. The molecule has 0 radical (unpaired) electrons. The quantitative estimate of drug-likeness (QED) is 0.595. The topological polar surface area (TPSA) is 95.9 Å². The number of carbonyl (C=O) groups excluding carboxylic acids is 2. The van der Waals surface area contributed by atoms with Gasteiger partial charge in [-0.1, -0.05) is 6.07 Å². The molecular weight excluding hydrogens is 490 g/mol. The van der Waals surface area contributed by atoms with E-state index in [9.17, 15) is 28.3 Å². The Kier molecular flexibility index (Phi) is 7.01. The smallest absolute Gasteiger partial charge is 0.306 e. The predicted octanol–water partition coefficient (Wildman–Crippen LogP) is 4.20. The Morgan fingerprint density at radius 1 is 1.06 bits per heavy atom. The first kappa shape index (κ1) is 25.9. The highest BCUT2D eigenvalue weighted by Gasteiger charge is 2.45. The third-order valence-corrected chi connectivity index (χ3v) is 8.44. The lowest BCUT2D eigenvalue weighted by Gasteiger charge is -2.41. The first-order chi connectivity index (χ1) is 16.9. The van der Waals surface area contributed by atoms with Crippen molar-refractivity contribution in [3.05, 3.63) is 53.1 Å². The van der Waals surface area contributed by atoms with Crippen LogP contribution in [0.15, 0.2) is 35.2 Å². The summed E-state index contributed by atoms with van der Waals surface area (Å²) in [7, 11) is -0.149. The van der Waals surface area contributed by atoms with E-state index in [4.69, 9.17) is 4.74 Å². The number of carboxylic acids is 1. The summed E-state index contributed by atoms with van der Waals surface area (Å²) in [6, 6.07) is 6.38. The number of nitrogens with one attached hydrogen (secondary N) is 1. The van der Waals surface area contributed by atoms with Crippen LogP contribution in [0.1, 0.15) is 30.0 Å². The van der Waals surface area contributed by atoms with Crippen LogP contribution in [0.4, 0.5) is 14.5 Å². The molecule has 4 rings (SSSR count). The molecule has 194 valence electrons. The zero-order chi connectivity index (χ0) is 26.4. The van der Waals surface area contributed by atoms with Crippen LogP contribution in [-0.2, 0) is 20.8 Å². The lowest BCUT2D eigenvalue weighted by molar-refractivity contribution is -0.154. The number of methoxy groups -OCH3 is 1. The summed E-state index contributed by atoms with van der Waals surface area (Å²) in [5.74, 6) is -3.73. The highest BCUT2D eigenvalue weighted by molar-refractivity contribution is 8.32. The number of halogens is 2. The number of benzene rings is 2. The van der Waals surface area contributed by atoms with Gasteiger partial charge in [-0.25, -0.2) is 18.8 Å². The van der Waals surface area contributed by atoms with Crippen LogP contribution in [0.3, 0.4) is 0 Å². The molecule has 2 aliphatic rings.